The Morgan fingerprint density at radius 3 is 2.81 bits per heavy atom. The second-order valence-corrected chi connectivity index (χ2v) is 6.53. The Labute approximate surface area is 126 Å². The van der Waals surface area contributed by atoms with E-state index in [1.54, 1.807) is 6.92 Å². The highest BCUT2D eigenvalue weighted by molar-refractivity contribution is 5.96. The van der Waals surface area contributed by atoms with Crippen LogP contribution in [0.25, 0.3) is 0 Å². The summed E-state index contributed by atoms with van der Waals surface area (Å²) in [4.78, 5) is 11.8. The van der Waals surface area contributed by atoms with Crippen LogP contribution in [0.4, 0.5) is 0 Å². The highest BCUT2D eigenvalue weighted by Crippen LogP contribution is 2.41. The maximum atomic E-state index is 11.8. The number of Topliss-reactive ketones (excluding diaryl/α,β-unsaturated/α-hetero) is 1. The molecule has 3 rings (SSSR count). The van der Waals surface area contributed by atoms with Gasteiger partial charge in [0.05, 0.1) is 17.8 Å². The van der Waals surface area contributed by atoms with Crippen molar-refractivity contribution in [1.82, 2.24) is 0 Å². The molecule has 21 heavy (non-hydrogen) atoms. The first-order valence-corrected chi connectivity index (χ1v) is 8.00. The van der Waals surface area contributed by atoms with Gasteiger partial charge < -0.3 is 9.47 Å². The minimum absolute atomic E-state index is 0.0448. The van der Waals surface area contributed by atoms with Crippen molar-refractivity contribution in [2.75, 3.05) is 6.61 Å². The lowest BCUT2D eigenvalue weighted by Crippen LogP contribution is -2.41. The number of hydrogen-bond acceptors (Lipinski definition) is 3. The molecule has 0 aromatic heterocycles. The fourth-order valence-corrected chi connectivity index (χ4v) is 3.65. The Kier molecular flexibility index (Phi) is 4.03. The molecule has 1 heterocycles. The monoisotopic (exact) mass is 288 g/mol. The number of ether oxygens (including phenoxy) is 2. The quantitative estimate of drug-likeness (QED) is 0.787. The normalized spacial score (nSPS) is 24.2. The van der Waals surface area contributed by atoms with Crippen LogP contribution < -0.4 is 4.74 Å². The van der Waals surface area contributed by atoms with Crippen molar-refractivity contribution in [2.24, 2.45) is 0 Å². The third-order valence-electron chi connectivity index (χ3n) is 4.77. The van der Waals surface area contributed by atoms with Crippen LogP contribution in [-0.4, -0.2) is 24.1 Å². The number of ketones is 1. The summed E-state index contributed by atoms with van der Waals surface area (Å²) in [5.41, 5.74) is 1.86. The minimum atomic E-state index is 0.0448. The third kappa shape index (κ3) is 3.13. The fourth-order valence-electron chi connectivity index (χ4n) is 3.65. The SMILES string of the molecule is CC(=O)c1ccc(C)cc1OC1CCOC2(CCCC2)C1. The van der Waals surface area contributed by atoms with Gasteiger partial charge in [-0.05, 0) is 44.4 Å². The predicted molar refractivity (Wildman–Crippen MR) is 82.0 cm³/mol. The minimum Gasteiger partial charge on any atom is -0.489 e. The van der Waals surface area contributed by atoms with Crippen LogP contribution in [0.1, 0.15) is 61.4 Å². The van der Waals surface area contributed by atoms with Crippen LogP contribution in [0, 0.1) is 6.92 Å². The lowest BCUT2D eigenvalue weighted by Gasteiger charge is -2.38. The van der Waals surface area contributed by atoms with Gasteiger partial charge in [0.25, 0.3) is 0 Å². The van der Waals surface area contributed by atoms with E-state index in [-0.39, 0.29) is 17.5 Å². The third-order valence-corrected chi connectivity index (χ3v) is 4.77. The fraction of sp³-hybridized carbons (Fsp3) is 0.611. The first kappa shape index (κ1) is 14.6. The summed E-state index contributed by atoms with van der Waals surface area (Å²) in [5.74, 6) is 0.801. The molecule has 1 unspecified atom stereocenters. The van der Waals surface area contributed by atoms with E-state index in [4.69, 9.17) is 9.47 Å². The summed E-state index contributed by atoms with van der Waals surface area (Å²) < 4.78 is 12.3. The molecule has 0 bridgehead atoms. The summed E-state index contributed by atoms with van der Waals surface area (Å²) in [6, 6.07) is 5.82. The lowest BCUT2D eigenvalue weighted by molar-refractivity contribution is -0.108. The molecule has 2 fully saturated rings. The topological polar surface area (TPSA) is 35.5 Å². The molecule has 3 nitrogen and oxygen atoms in total. The first-order chi connectivity index (χ1) is 10.1. The molecule has 1 saturated carbocycles. The van der Waals surface area contributed by atoms with Crippen molar-refractivity contribution in [1.29, 1.82) is 0 Å². The molecule has 1 spiro atoms. The summed E-state index contributed by atoms with van der Waals surface area (Å²) >= 11 is 0. The van der Waals surface area contributed by atoms with Crippen molar-refractivity contribution >= 4 is 5.78 Å². The Morgan fingerprint density at radius 2 is 2.10 bits per heavy atom. The van der Waals surface area contributed by atoms with Crippen LogP contribution in [-0.2, 0) is 4.74 Å². The van der Waals surface area contributed by atoms with Crippen molar-refractivity contribution in [3.8, 4) is 5.75 Å². The number of rotatable bonds is 3. The largest absolute Gasteiger partial charge is 0.489 e. The summed E-state index contributed by atoms with van der Waals surface area (Å²) in [6.07, 6.45) is 6.86. The average molecular weight is 288 g/mol. The molecule has 1 aliphatic heterocycles. The molecule has 1 atom stereocenters. The van der Waals surface area contributed by atoms with Crippen LogP contribution in [0.2, 0.25) is 0 Å². The molecule has 2 aliphatic rings. The molecular weight excluding hydrogens is 264 g/mol. The number of benzene rings is 1. The maximum absolute atomic E-state index is 11.8. The van der Waals surface area contributed by atoms with Gasteiger partial charge in [0.15, 0.2) is 5.78 Å². The lowest BCUT2D eigenvalue weighted by atomic mass is 9.90. The predicted octanol–water partition coefficient (Wildman–Crippen LogP) is 4.07. The van der Waals surface area contributed by atoms with E-state index >= 15 is 0 Å². The van der Waals surface area contributed by atoms with Gasteiger partial charge in [0, 0.05) is 12.8 Å². The van der Waals surface area contributed by atoms with E-state index in [9.17, 15) is 4.79 Å². The second-order valence-electron chi connectivity index (χ2n) is 6.53. The van der Waals surface area contributed by atoms with Gasteiger partial charge in [-0.1, -0.05) is 18.9 Å². The molecule has 114 valence electrons. The van der Waals surface area contributed by atoms with Gasteiger partial charge in [-0.25, -0.2) is 0 Å². The van der Waals surface area contributed by atoms with Gasteiger partial charge >= 0.3 is 0 Å². The van der Waals surface area contributed by atoms with Crippen molar-refractivity contribution in [2.45, 2.75) is 64.1 Å². The molecule has 0 amide bonds. The molecular formula is C18H24O3. The van der Waals surface area contributed by atoms with Crippen molar-refractivity contribution < 1.29 is 14.3 Å². The van der Waals surface area contributed by atoms with Gasteiger partial charge in [0.2, 0.25) is 0 Å². The number of hydrogen-bond donors (Lipinski definition) is 0. The smallest absolute Gasteiger partial charge is 0.163 e. The van der Waals surface area contributed by atoms with E-state index in [1.165, 1.54) is 12.8 Å². The maximum Gasteiger partial charge on any atom is 0.163 e. The zero-order valence-electron chi connectivity index (χ0n) is 13.0. The second kappa shape index (κ2) is 5.80. The number of carbonyl (C=O) groups excluding carboxylic acids is 1. The molecule has 1 aliphatic carbocycles. The highest BCUT2D eigenvalue weighted by atomic mass is 16.5. The van der Waals surface area contributed by atoms with E-state index in [2.05, 4.69) is 0 Å². The number of carbonyl (C=O) groups is 1. The molecule has 1 aromatic rings. The van der Waals surface area contributed by atoms with Gasteiger partial charge in [-0.3, -0.25) is 4.79 Å². The summed E-state index contributed by atoms with van der Waals surface area (Å²) in [6.45, 7) is 4.39. The zero-order chi connectivity index (χ0) is 14.9. The number of aryl methyl sites for hydroxylation is 1. The van der Waals surface area contributed by atoms with Gasteiger partial charge in [-0.15, -0.1) is 0 Å². The van der Waals surface area contributed by atoms with E-state index in [0.29, 0.717) is 5.56 Å². The summed E-state index contributed by atoms with van der Waals surface area (Å²) in [5, 5.41) is 0. The van der Waals surface area contributed by atoms with Crippen LogP contribution >= 0.6 is 0 Å². The standard InChI is InChI=1S/C18H24O3/c1-13-5-6-16(14(2)19)17(11-13)21-15-7-10-20-18(12-15)8-3-4-9-18/h5-6,11,15H,3-4,7-10,12H2,1-2H3. The molecule has 3 heteroatoms. The first-order valence-electron chi connectivity index (χ1n) is 8.00. The Balaban J connectivity index is 1.77. The van der Waals surface area contributed by atoms with E-state index < -0.39 is 0 Å². The molecule has 1 saturated heterocycles. The average Bonchev–Trinajstić information content (AvgIpc) is 2.86. The van der Waals surface area contributed by atoms with Crippen LogP contribution in [0.3, 0.4) is 0 Å². The van der Waals surface area contributed by atoms with Gasteiger partial charge in [-0.2, -0.15) is 0 Å². The highest BCUT2D eigenvalue weighted by Gasteiger charge is 2.40. The van der Waals surface area contributed by atoms with Gasteiger partial charge in [0.1, 0.15) is 11.9 Å². The summed E-state index contributed by atoms with van der Waals surface area (Å²) in [7, 11) is 0. The van der Waals surface area contributed by atoms with Crippen LogP contribution in [0.15, 0.2) is 18.2 Å². The van der Waals surface area contributed by atoms with E-state index in [0.717, 1.165) is 43.6 Å². The Hall–Kier alpha value is -1.35. The molecule has 1 aromatic carbocycles. The van der Waals surface area contributed by atoms with Crippen molar-refractivity contribution in [3.63, 3.8) is 0 Å². The van der Waals surface area contributed by atoms with Crippen LogP contribution in [0.5, 0.6) is 5.75 Å². The van der Waals surface area contributed by atoms with Crippen molar-refractivity contribution in [3.05, 3.63) is 29.3 Å². The Morgan fingerprint density at radius 1 is 1.33 bits per heavy atom. The zero-order valence-corrected chi connectivity index (χ0v) is 13.0. The van der Waals surface area contributed by atoms with E-state index in [1.807, 2.05) is 25.1 Å². The Bertz CT molecular complexity index is 529. The molecule has 0 N–H and O–H groups in total. The molecule has 0 radical (unpaired) electrons.